The van der Waals surface area contributed by atoms with E-state index in [9.17, 15) is 22.4 Å². The van der Waals surface area contributed by atoms with Crippen molar-refractivity contribution < 1.29 is 27.2 Å². The van der Waals surface area contributed by atoms with E-state index >= 15 is 0 Å². The van der Waals surface area contributed by atoms with Crippen LogP contribution >= 0.6 is 21.0 Å². The Kier molecular flexibility index (Phi) is 7.54. The fourth-order valence-electron chi connectivity index (χ4n) is 4.23. The van der Waals surface area contributed by atoms with Gasteiger partial charge in [-0.1, -0.05) is 9.34 Å². The standard InChI is InChI=1S/C24H24FIN6O5S/c25-16-7-6-15(18(13-16)22(27)33)14-29-24(34)20-21(37-32-11-4-8-26-32)19-17(5-3-9-28-19)23(30-20)31-10-1-2-12-38(31,35)36/h3,5-9,13H,1-2,4,10-12,14H2,(H2,27,33)(H,29,34). The van der Waals surface area contributed by atoms with Gasteiger partial charge < -0.3 is 15.9 Å². The van der Waals surface area contributed by atoms with E-state index in [2.05, 4.69) is 19.3 Å². The molecule has 2 aliphatic heterocycles. The van der Waals surface area contributed by atoms with Gasteiger partial charge in [-0.05, 0) is 53.1 Å². The Morgan fingerprint density at radius 2 is 2.05 bits per heavy atom. The summed E-state index contributed by atoms with van der Waals surface area (Å²) in [7, 11) is -3.65. The van der Waals surface area contributed by atoms with Gasteiger partial charge in [-0.15, -0.1) is 0 Å². The summed E-state index contributed by atoms with van der Waals surface area (Å²) in [5.74, 6) is -1.95. The maximum absolute atomic E-state index is 13.7. The molecule has 11 nitrogen and oxygen atoms in total. The molecule has 1 fully saturated rings. The lowest BCUT2D eigenvalue weighted by Crippen LogP contribution is -2.39. The molecule has 4 heterocycles. The first-order valence-electron chi connectivity index (χ1n) is 11.8. The van der Waals surface area contributed by atoms with Crippen LogP contribution in [0.2, 0.25) is 0 Å². The average Bonchev–Trinajstić information content (AvgIpc) is 3.41. The zero-order valence-corrected chi connectivity index (χ0v) is 23.0. The van der Waals surface area contributed by atoms with Crippen molar-refractivity contribution in [3.63, 3.8) is 0 Å². The van der Waals surface area contributed by atoms with Gasteiger partial charge in [-0.2, -0.15) is 0 Å². The molecule has 0 radical (unpaired) electrons. The van der Waals surface area contributed by atoms with Gasteiger partial charge in [0.05, 0.1) is 5.75 Å². The minimum atomic E-state index is -3.65. The molecule has 0 spiro atoms. The summed E-state index contributed by atoms with van der Waals surface area (Å²) in [6.45, 7) is 0.716. The lowest BCUT2D eigenvalue weighted by molar-refractivity contribution is 0.0750. The molecule has 5 rings (SSSR count). The van der Waals surface area contributed by atoms with Gasteiger partial charge in [0.25, 0.3) is 5.91 Å². The Labute approximate surface area is 228 Å². The fraction of sp³-hybridized carbons (Fsp3) is 0.292. The van der Waals surface area contributed by atoms with Crippen molar-refractivity contribution in [2.75, 3.05) is 23.1 Å². The molecule has 2 aliphatic rings. The highest BCUT2D eigenvalue weighted by Gasteiger charge is 2.32. The highest BCUT2D eigenvalue weighted by Crippen LogP contribution is 2.37. The number of hydroxylamine groups is 1. The number of nitrogens with zero attached hydrogens (tertiary/aromatic N) is 4. The number of hydrogen-bond donors (Lipinski definition) is 2. The number of benzene rings is 1. The van der Waals surface area contributed by atoms with Crippen LogP contribution in [0.5, 0.6) is 5.75 Å². The van der Waals surface area contributed by atoms with E-state index in [1.807, 2.05) is 0 Å². The molecule has 38 heavy (non-hydrogen) atoms. The Morgan fingerprint density at radius 3 is 2.79 bits per heavy atom. The molecular formula is C24H24FIN6O5S. The van der Waals surface area contributed by atoms with E-state index in [0.29, 0.717) is 35.9 Å². The summed E-state index contributed by atoms with van der Waals surface area (Å²) >= 11 is -0.530. The molecular weight excluding hydrogens is 630 g/mol. The number of sulfonamides is 1. The Balaban J connectivity index is 1.59. The normalized spacial score (nSPS) is 17.2. The van der Waals surface area contributed by atoms with Crippen LogP contribution in [0, 0.1) is 5.82 Å². The number of anilines is 1. The van der Waals surface area contributed by atoms with Gasteiger partial charge in [0.15, 0.2) is 11.5 Å². The Hall–Kier alpha value is -3.24. The third-order valence-corrected chi connectivity index (χ3v) is 10.2. The van der Waals surface area contributed by atoms with Gasteiger partial charge in [-0.3, -0.25) is 18.9 Å². The number of amides is 2. The van der Waals surface area contributed by atoms with Crippen LogP contribution in [-0.4, -0.2) is 56.3 Å². The highest BCUT2D eigenvalue weighted by atomic mass is 127. The van der Waals surface area contributed by atoms with Crippen LogP contribution in [0.3, 0.4) is 0 Å². The number of aromatic nitrogens is 2. The van der Waals surface area contributed by atoms with Crippen molar-refractivity contribution >= 4 is 63.6 Å². The van der Waals surface area contributed by atoms with E-state index in [-0.39, 0.29) is 41.7 Å². The quantitative estimate of drug-likeness (QED) is 0.292. The second kappa shape index (κ2) is 10.9. The predicted octanol–water partition coefficient (Wildman–Crippen LogP) is 2.42. The first-order valence-corrected chi connectivity index (χ1v) is 15.6. The van der Waals surface area contributed by atoms with E-state index < -0.39 is 48.7 Å². The molecule has 3 aromatic rings. The molecule has 0 atom stereocenters. The summed E-state index contributed by atoms with van der Waals surface area (Å²) in [6.07, 6.45) is 3.57. The van der Waals surface area contributed by atoms with Crippen LogP contribution in [0.1, 0.15) is 45.7 Å². The summed E-state index contributed by atoms with van der Waals surface area (Å²) in [5, 5.41) is 3.13. The molecule has 2 aromatic heterocycles. The van der Waals surface area contributed by atoms with Gasteiger partial charge in [0, 0.05) is 57.8 Å². The van der Waals surface area contributed by atoms with E-state index in [1.54, 1.807) is 15.4 Å². The topological polar surface area (TPSA) is 148 Å². The van der Waals surface area contributed by atoms with Crippen LogP contribution in [-0.2, 0) is 16.6 Å². The number of halogens is 2. The lowest BCUT2D eigenvalue weighted by Gasteiger charge is -2.29. The molecule has 0 unspecified atom stereocenters. The third kappa shape index (κ3) is 5.33. The van der Waals surface area contributed by atoms with Crippen molar-refractivity contribution in [3.05, 3.63) is 59.2 Å². The van der Waals surface area contributed by atoms with E-state index in [0.717, 1.165) is 18.6 Å². The number of carbonyl (C=O) groups excluding carboxylic acids is 2. The van der Waals surface area contributed by atoms with Crippen LogP contribution in [0.4, 0.5) is 10.2 Å². The van der Waals surface area contributed by atoms with Crippen LogP contribution < -0.4 is 20.2 Å². The third-order valence-electron chi connectivity index (χ3n) is 6.06. The number of fused-ring (bicyclic) bond motifs is 1. The first-order chi connectivity index (χ1) is 18.2. The lowest BCUT2D eigenvalue weighted by atomic mass is 10.1. The van der Waals surface area contributed by atoms with Crippen LogP contribution in [0.25, 0.3) is 10.9 Å². The maximum Gasteiger partial charge on any atom is 0.274 e. The van der Waals surface area contributed by atoms with Gasteiger partial charge >= 0.3 is 0 Å². The molecule has 0 bridgehead atoms. The maximum atomic E-state index is 13.7. The van der Waals surface area contributed by atoms with Crippen molar-refractivity contribution in [2.24, 2.45) is 5.73 Å². The van der Waals surface area contributed by atoms with E-state index in [1.165, 1.54) is 16.6 Å². The average molecular weight is 654 g/mol. The van der Waals surface area contributed by atoms with Crippen molar-refractivity contribution in [2.45, 2.75) is 25.8 Å². The molecule has 2 amide bonds. The predicted molar refractivity (Wildman–Crippen MR) is 148 cm³/mol. The second-order valence-corrected chi connectivity index (χ2v) is 13.2. The summed E-state index contributed by atoms with van der Waals surface area (Å²) < 4.78 is 44.7. The number of primary amides is 1. The van der Waals surface area contributed by atoms with Crippen molar-refractivity contribution in [1.29, 1.82) is 0 Å². The summed E-state index contributed by atoms with van der Waals surface area (Å²) in [6, 6.07) is 6.89. The number of carbonyl (C=O) groups is 2. The largest absolute Gasteiger partial charge is 0.392 e. The molecule has 0 saturated carbocycles. The van der Waals surface area contributed by atoms with Gasteiger partial charge in [0.2, 0.25) is 21.7 Å². The van der Waals surface area contributed by atoms with E-state index in [4.69, 9.17) is 10.6 Å². The monoisotopic (exact) mass is 654 g/mol. The number of nitrogens with two attached hydrogens (primary N) is 1. The SMILES string of the molecule is NC(=O)c1cc(F)ccc1CNC(=O)c1nc(N2CCCCS2(=O)=O)c2cccnc2c1ON1CCC=I1. The smallest absolute Gasteiger partial charge is 0.274 e. The van der Waals surface area contributed by atoms with Crippen molar-refractivity contribution in [3.8, 4) is 5.75 Å². The molecule has 3 N–H and O–H groups in total. The Bertz CT molecular complexity index is 1570. The molecule has 200 valence electrons. The molecule has 14 heteroatoms. The Morgan fingerprint density at radius 1 is 1.21 bits per heavy atom. The number of nitrogens with one attached hydrogen (secondary N) is 1. The first kappa shape index (κ1) is 26.4. The number of rotatable bonds is 7. The second-order valence-electron chi connectivity index (χ2n) is 8.63. The van der Waals surface area contributed by atoms with Crippen LogP contribution in [0.15, 0.2) is 36.5 Å². The highest BCUT2D eigenvalue weighted by molar-refractivity contribution is 14.2. The molecule has 1 saturated heterocycles. The zero-order valence-electron chi connectivity index (χ0n) is 20.1. The molecule has 1 aromatic carbocycles. The minimum absolute atomic E-state index is 0.0231. The van der Waals surface area contributed by atoms with Crippen molar-refractivity contribution in [1.82, 2.24) is 18.6 Å². The number of hydrogen-bond acceptors (Lipinski definition) is 8. The zero-order chi connectivity index (χ0) is 26.9. The summed E-state index contributed by atoms with van der Waals surface area (Å²) in [4.78, 5) is 40.5. The number of pyridine rings is 2. The fourth-order valence-corrected chi connectivity index (χ4v) is 7.70. The summed E-state index contributed by atoms with van der Waals surface area (Å²) in [5.41, 5.74) is 5.79. The minimum Gasteiger partial charge on any atom is -0.392 e. The van der Waals surface area contributed by atoms with Gasteiger partial charge in [0.1, 0.15) is 11.3 Å². The molecule has 0 aliphatic carbocycles. The van der Waals surface area contributed by atoms with Gasteiger partial charge in [-0.25, -0.2) is 17.8 Å².